The van der Waals surface area contributed by atoms with Crippen LogP contribution < -0.4 is 10.1 Å². The van der Waals surface area contributed by atoms with Gasteiger partial charge in [0.1, 0.15) is 23.1 Å². The maximum atomic E-state index is 12.4. The maximum absolute atomic E-state index is 12.4. The minimum absolute atomic E-state index is 0.0310. The van der Waals surface area contributed by atoms with E-state index in [-0.39, 0.29) is 23.0 Å². The number of furan rings is 1. The van der Waals surface area contributed by atoms with Gasteiger partial charge >= 0.3 is 5.97 Å². The van der Waals surface area contributed by atoms with Crippen molar-refractivity contribution >= 4 is 11.9 Å². The minimum Gasteiger partial charge on any atom is -0.496 e. The van der Waals surface area contributed by atoms with Crippen LogP contribution in [-0.4, -0.2) is 34.2 Å². The molecule has 0 aliphatic heterocycles. The number of carbonyl (C=O) groups is 2. The van der Waals surface area contributed by atoms with Gasteiger partial charge in [-0.2, -0.15) is 4.98 Å². The predicted octanol–water partition coefficient (Wildman–Crippen LogP) is 3.09. The molecular formula is C19H19N3O6. The number of nitrogens with one attached hydrogen (secondary N) is 1. The van der Waals surface area contributed by atoms with E-state index in [1.165, 1.54) is 6.07 Å². The average Bonchev–Trinajstić information content (AvgIpc) is 3.35. The van der Waals surface area contributed by atoms with Crippen LogP contribution in [0.25, 0.3) is 11.4 Å². The number of aryl methyl sites for hydroxylation is 1. The number of carbonyl (C=O) groups excluding carboxylic acids is 1. The van der Waals surface area contributed by atoms with Crippen molar-refractivity contribution in [1.82, 2.24) is 15.5 Å². The first-order valence-corrected chi connectivity index (χ1v) is 8.58. The summed E-state index contributed by atoms with van der Waals surface area (Å²) in [6.07, 6.45) is 0.358. The molecule has 0 aliphatic carbocycles. The van der Waals surface area contributed by atoms with Crippen LogP contribution in [0.1, 0.15) is 52.5 Å². The fraction of sp³-hybridized carbons (Fsp3) is 0.263. The average molecular weight is 385 g/mol. The maximum Gasteiger partial charge on any atom is 0.339 e. The highest BCUT2D eigenvalue weighted by molar-refractivity contribution is 5.96. The first-order valence-electron chi connectivity index (χ1n) is 8.58. The summed E-state index contributed by atoms with van der Waals surface area (Å²) in [6.45, 7) is 3.41. The van der Waals surface area contributed by atoms with Gasteiger partial charge in [0.25, 0.3) is 5.91 Å². The molecule has 2 aromatic heterocycles. The Morgan fingerprint density at radius 2 is 2.07 bits per heavy atom. The number of aromatic nitrogens is 2. The van der Waals surface area contributed by atoms with E-state index in [9.17, 15) is 14.7 Å². The number of benzene rings is 1. The van der Waals surface area contributed by atoms with Crippen molar-refractivity contribution in [1.29, 1.82) is 0 Å². The Morgan fingerprint density at radius 3 is 2.71 bits per heavy atom. The van der Waals surface area contributed by atoms with Gasteiger partial charge in [-0.15, -0.1) is 0 Å². The molecule has 9 heteroatoms. The zero-order chi connectivity index (χ0) is 20.3. The van der Waals surface area contributed by atoms with Crippen molar-refractivity contribution in [3.8, 4) is 17.1 Å². The lowest BCUT2D eigenvalue weighted by atomic mass is 10.2. The van der Waals surface area contributed by atoms with Crippen molar-refractivity contribution in [3.05, 3.63) is 53.3 Å². The van der Waals surface area contributed by atoms with Gasteiger partial charge in [-0.25, -0.2) is 4.79 Å². The molecule has 146 valence electrons. The van der Waals surface area contributed by atoms with Crippen LogP contribution in [0.2, 0.25) is 0 Å². The van der Waals surface area contributed by atoms with Crippen molar-refractivity contribution in [2.45, 2.75) is 26.3 Å². The van der Waals surface area contributed by atoms with Crippen LogP contribution in [0.3, 0.4) is 0 Å². The van der Waals surface area contributed by atoms with Gasteiger partial charge in [0.15, 0.2) is 5.76 Å². The Balaban J connectivity index is 1.77. The second-order valence-electron chi connectivity index (χ2n) is 5.96. The van der Waals surface area contributed by atoms with E-state index in [0.29, 0.717) is 23.6 Å². The molecule has 0 saturated carbocycles. The van der Waals surface area contributed by atoms with Gasteiger partial charge in [0, 0.05) is 12.5 Å². The number of ether oxygens (including phenoxy) is 1. The van der Waals surface area contributed by atoms with Crippen molar-refractivity contribution in [2.75, 3.05) is 7.11 Å². The van der Waals surface area contributed by atoms with Crippen molar-refractivity contribution < 1.29 is 28.4 Å². The normalized spacial score (nSPS) is 11.8. The van der Waals surface area contributed by atoms with E-state index in [1.807, 2.05) is 12.1 Å². The highest BCUT2D eigenvalue weighted by Gasteiger charge is 2.24. The number of amides is 1. The highest BCUT2D eigenvalue weighted by Crippen LogP contribution is 2.28. The topological polar surface area (TPSA) is 128 Å². The molecule has 2 heterocycles. The SMILES string of the molecule is CCc1oc(C(=O)NC(C)c2nc(-c3ccccc3OC)no2)cc1C(=O)O. The van der Waals surface area contributed by atoms with Crippen molar-refractivity contribution in [2.24, 2.45) is 0 Å². The van der Waals surface area contributed by atoms with Crippen LogP contribution >= 0.6 is 0 Å². The number of hydrogen-bond donors (Lipinski definition) is 2. The highest BCUT2D eigenvalue weighted by atomic mass is 16.5. The summed E-state index contributed by atoms with van der Waals surface area (Å²) < 4.78 is 15.9. The fourth-order valence-electron chi connectivity index (χ4n) is 2.66. The Labute approximate surface area is 160 Å². The van der Waals surface area contributed by atoms with Crippen molar-refractivity contribution in [3.63, 3.8) is 0 Å². The van der Waals surface area contributed by atoms with Gasteiger partial charge in [-0.1, -0.05) is 24.2 Å². The second-order valence-corrected chi connectivity index (χ2v) is 5.96. The quantitative estimate of drug-likeness (QED) is 0.635. The largest absolute Gasteiger partial charge is 0.496 e. The molecular weight excluding hydrogens is 366 g/mol. The summed E-state index contributed by atoms with van der Waals surface area (Å²) in [7, 11) is 1.54. The molecule has 1 amide bonds. The number of para-hydroxylation sites is 1. The second kappa shape index (κ2) is 7.95. The third-order valence-electron chi connectivity index (χ3n) is 4.09. The molecule has 1 atom stereocenters. The van der Waals surface area contributed by atoms with E-state index >= 15 is 0 Å². The van der Waals surface area contributed by atoms with Gasteiger partial charge in [0.05, 0.1) is 12.7 Å². The molecule has 3 aromatic rings. The van der Waals surface area contributed by atoms with Crippen LogP contribution in [0, 0.1) is 0 Å². The summed E-state index contributed by atoms with van der Waals surface area (Å²) in [4.78, 5) is 27.9. The first-order chi connectivity index (χ1) is 13.4. The molecule has 1 aromatic carbocycles. The summed E-state index contributed by atoms with van der Waals surface area (Å²) in [6, 6.07) is 7.80. The third kappa shape index (κ3) is 3.73. The number of carboxylic acids is 1. The lowest BCUT2D eigenvalue weighted by Crippen LogP contribution is -2.26. The standard InChI is InChI=1S/C19H19N3O6/c1-4-13-12(19(24)25)9-15(27-13)17(23)20-10(2)18-21-16(22-28-18)11-7-5-6-8-14(11)26-3/h5-10H,4H2,1-3H3,(H,20,23)(H,24,25). The fourth-order valence-corrected chi connectivity index (χ4v) is 2.66. The molecule has 1 unspecified atom stereocenters. The molecule has 0 aliphatic rings. The Kier molecular flexibility index (Phi) is 5.44. The molecule has 0 bridgehead atoms. The molecule has 3 rings (SSSR count). The number of nitrogens with zero attached hydrogens (tertiary/aromatic N) is 2. The summed E-state index contributed by atoms with van der Waals surface area (Å²) in [5.41, 5.74) is 0.625. The van der Waals surface area contributed by atoms with E-state index < -0.39 is 17.9 Å². The number of methoxy groups -OCH3 is 1. The van der Waals surface area contributed by atoms with E-state index in [1.54, 1.807) is 33.1 Å². The van der Waals surface area contributed by atoms with Crippen LogP contribution in [0.4, 0.5) is 0 Å². The van der Waals surface area contributed by atoms with Gasteiger partial charge in [0.2, 0.25) is 11.7 Å². The zero-order valence-electron chi connectivity index (χ0n) is 15.6. The van der Waals surface area contributed by atoms with Gasteiger partial charge in [-0.05, 0) is 19.1 Å². The Hall–Kier alpha value is -3.62. The zero-order valence-corrected chi connectivity index (χ0v) is 15.6. The molecule has 0 saturated heterocycles. The molecule has 9 nitrogen and oxygen atoms in total. The van der Waals surface area contributed by atoms with Gasteiger partial charge < -0.3 is 24.1 Å². The Morgan fingerprint density at radius 1 is 1.32 bits per heavy atom. The molecule has 28 heavy (non-hydrogen) atoms. The molecule has 0 spiro atoms. The summed E-state index contributed by atoms with van der Waals surface area (Å²) >= 11 is 0. The lowest BCUT2D eigenvalue weighted by Gasteiger charge is -2.07. The lowest BCUT2D eigenvalue weighted by molar-refractivity contribution is 0.0694. The minimum atomic E-state index is -1.15. The molecule has 0 radical (unpaired) electrons. The predicted molar refractivity (Wildman–Crippen MR) is 97.2 cm³/mol. The third-order valence-corrected chi connectivity index (χ3v) is 4.09. The number of aromatic carboxylic acids is 1. The molecule has 0 fully saturated rings. The van der Waals surface area contributed by atoms with Gasteiger partial charge in [-0.3, -0.25) is 4.79 Å². The summed E-state index contributed by atoms with van der Waals surface area (Å²) in [5.74, 6) is -0.469. The smallest absolute Gasteiger partial charge is 0.339 e. The summed E-state index contributed by atoms with van der Waals surface area (Å²) in [5, 5.41) is 15.8. The van der Waals surface area contributed by atoms with E-state index in [2.05, 4.69) is 15.5 Å². The number of rotatable bonds is 7. The van der Waals surface area contributed by atoms with Crippen LogP contribution in [-0.2, 0) is 6.42 Å². The van der Waals surface area contributed by atoms with E-state index in [4.69, 9.17) is 13.7 Å². The monoisotopic (exact) mass is 385 g/mol. The number of carboxylic acid groups (broad SMARTS) is 1. The van der Waals surface area contributed by atoms with E-state index in [0.717, 1.165) is 0 Å². The van der Waals surface area contributed by atoms with Crippen LogP contribution in [0.15, 0.2) is 39.3 Å². The number of hydrogen-bond acceptors (Lipinski definition) is 7. The Bertz CT molecular complexity index is 1010. The van der Waals surface area contributed by atoms with Crippen LogP contribution in [0.5, 0.6) is 5.75 Å². The molecule has 2 N–H and O–H groups in total. The first kappa shape index (κ1) is 19.2.